The predicted octanol–water partition coefficient (Wildman–Crippen LogP) is 2.63. The zero-order chi connectivity index (χ0) is 10.3. The predicted molar refractivity (Wildman–Crippen MR) is 57.8 cm³/mol. The molecule has 1 aromatic heterocycles. The fraction of sp³-hybridized carbons (Fsp3) is 0.750. The topological polar surface area (TPSA) is 27.1 Å². The second-order valence-corrected chi connectivity index (χ2v) is 4.74. The molecule has 2 unspecified atom stereocenters. The van der Waals surface area contributed by atoms with Crippen molar-refractivity contribution in [2.75, 3.05) is 6.61 Å². The van der Waals surface area contributed by atoms with Crippen molar-refractivity contribution in [2.24, 2.45) is 0 Å². The quantitative estimate of drug-likeness (QED) is 0.706. The Morgan fingerprint density at radius 3 is 3.13 bits per heavy atom. The number of ether oxygens (including phenoxy) is 1. The van der Waals surface area contributed by atoms with Gasteiger partial charge in [-0.1, -0.05) is 6.92 Å². The number of aromatic nitrogens is 2. The van der Waals surface area contributed by atoms with E-state index < -0.39 is 0 Å². The van der Waals surface area contributed by atoms with E-state index in [2.05, 4.69) is 22.7 Å². The van der Waals surface area contributed by atoms with Crippen molar-refractivity contribution >= 4 is 0 Å². The summed E-state index contributed by atoms with van der Waals surface area (Å²) in [6.45, 7) is 4.34. The molecule has 0 radical (unpaired) electrons. The third-order valence-electron chi connectivity index (χ3n) is 3.66. The first-order chi connectivity index (χ1) is 7.36. The molecule has 1 fully saturated rings. The molecule has 82 valence electrons. The SMILES string of the molecule is CC1CCCn2c1cnc2C1CCCO1. The highest BCUT2D eigenvalue weighted by Crippen LogP contribution is 2.33. The van der Waals surface area contributed by atoms with Gasteiger partial charge in [0.2, 0.25) is 0 Å². The maximum absolute atomic E-state index is 5.72. The molecule has 3 heterocycles. The lowest BCUT2D eigenvalue weighted by Gasteiger charge is -2.23. The number of fused-ring (bicyclic) bond motifs is 1. The Bertz CT molecular complexity index is 353. The second kappa shape index (κ2) is 3.63. The third kappa shape index (κ3) is 1.49. The molecule has 2 aliphatic heterocycles. The largest absolute Gasteiger partial charge is 0.370 e. The Hall–Kier alpha value is -0.830. The van der Waals surface area contributed by atoms with Gasteiger partial charge in [-0.15, -0.1) is 0 Å². The summed E-state index contributed by atoms with van der Waals surface area (Å²) < 4.78 is 8.11. The number of rotatable bonds is 1. The highest BCUT2D eigenvalue weighted by Gasteiger charge is 2.27. The zero-order valence-corrected chi connectivity index (χ0v) is 9.28. The van der Waals surface area contributed by atoms with E-state index in [1.165, 1.54) is 30.8 Å². The minimum atomic E-state index is 0.268. The summed E-state index contributed by atoms with van der Waals surface area (Å²) in [4.78, 5) is 4.57. The molecule has 1 aromatic rings. The van der Waals surface area contributed by atoms with E-state index in [1.54, 1.807) is 0 Å². The van der Waals surface area contributed by atoms with Gasteiger partial charge in [0.1, 0.15) is 11.9 Å². The molecule has 2 aliphatic rings. The van der Waals surface area contributed by atoms with E-state index in [4.69, 9.17) is 4.74 Å². The maximum atomic E-state index is 5.72. The number of nitrogens with zero attached hydrogens (tertiary/aromatic N) is 2. The molecule has 3 rings (SSSR count). The average molecular weight is 206 g/mol. The molecular weight excluding hydrogens is 188 g/mol. The first-order valence-corrected chi connectivity index (χ1v) is 6.03. The zero-order valence-electron chi connectivity index (χ0n) is 9.28. The summed E-state index contributed by atoms with van der Waals surface area (Å²) in [7, 11) is 0. The van der Waals surface area contributed by atoms with Crippen LogP contribution in [-0.4, -0.2) is 16.2 Å². The average Bonchev–Trinajstić information content (AvgIpc) is 2.85. The molecule has 0 spiro atoms. The Balaban J connectivity index is 1.95. The van der Waals surface area contributed by atoms with Crippen molar-refractivity contribution in [1.29, 1.82) is 0 Å². The van der Waals surface area contributed by atoms with E-state index in [0.717, 1.165) is 19.6 Å². The van der Waals surface area contributed by atoms with Crippen molar-refractivity contribution in [3.05, 3.63) is 17.7 Å². The second-order valence-electron chi connectivity index (χ2n) is 4.74. The molecule has 15 heavy (non-hydrogen) atoms. The molecule has 3 nitrogen and oxygen atoms in total. The highest BCUT2D eigenvalue weighted by molar-refractivity contribution is 5.14. The van der Waals surface area contributed by atoms with Crippen LogP contribution in [0.15, 0.2) is 6.20 Å². The van der Waals surface area contributed by atoms with E-state index in [1.807, 2.05) is 0 Å². The van der Waals surface area contributed by atoms with Gasteiger partial charge in [-0.2, -0.15) is 0 Å². The van der Waals surface area contributed by atoms with Gasteiger partial charge >= 0.3 is 0 Å². The van der Waals surface area contributed by atoms with Crippen molar-refractivity contribution in [2.45, 2.75) is 51.2 Å². The van der Waals surface area contributed by atoms with Gasteiger partial charge < -0.3 is 9.30 Å². The van der Waals surface area contributed by atoms with Crippen LogP contribution in [0.3, 0.4) is 0 Å². The van der Waals surface area contributed by atoms with Crippen molar-refractivity contribution < 1.29 is 4.74 Å². The van der Waals surface area contributed by atoms with Gasteiger partial charge in [0.05, 0.1) is 0 Å². The summed E-state index contributed by atoms with van der Waals surface area (Å²) >= 11 is 0. The molecule has 0 N–H and O–H groups in total. The van der Waals surface area contributed by atoms with Crippen molar-refractivity contribution in [1.82, 2.24) is 9.55 Å². The molecular formula is C12H18N2O. The lowest BCUT2D eigenvalue weighted by Crippen LogP contribution is -2.17. The number of hydrogen-bond acceptors (Lipinski definition) is 2. The summed E-state index contributed by atoms with van der Waals surface area (Å²) in [5.41, 5.74) is 1.41. The lowest BCUT2D eigenvalue weighted by molar-refractivity contribution is 0.101. The summed E-state index contributed by atoms with van der Waals surface area (Å²) in [6.07, 6.45) is 7.23. The molecule has 3 heteroatoms. The van der Waals surface area contributed by atoms with Gasteiger partial charge in [0, 0.05) is 25.0 Å². The van der Waals surface area contributed by atoms with Crippen LogP contribution >= 0.6 is 0 Å². The summed E-state index contributed by atoms with van der Waals surface area (Å²) in [5, 5.41) is 0. The summed E-state index contributed by atoms with van der Waals surface area (Å²) in [6, 6.07) is 0. The van der Waals surface area contributed by atoms with E-state index in [0.29, 0.717) is 5.92 Å². The van der Waals surface area contributed by atoms with Crippen LogP contribution in [0.1, 0.15) is 56.1 Å². The van der Waals surface area contributed by atoms with Crippen LogP contribution in [0.4, 0.5) is 0 Å². The standard InChI is InChI=1S/C12H18N2O/c1-9-4-2-6-14-10(9)8-13-12(14)11-5-3-7-15-11/h8-9,11H,2-7H2,1H3. The lowest BCUT2D eigenvalue weighted by atomic mass is 9.98. The monoisotopic (exact) mass is 206 g/mol. The Labute approximate surface area is 90.5 Å². The van der Waals surface area contributed by atoms with E-state index in [9.17, 15) is 0 Å². The molecule has 0 saturated carbocycles. The Morgan fingerprint density at radius 2 is 2.33 bits per heavy atom. The Kier molecular flexibility index (Phi) is 2.28. The molecule has 2 atom stereocenters. The van der Waals surface area contributed by atoms with Crippen LogP contribution in [0.25, 0.3) is 0 Å². The molecule has 0 aliphatic carbocycles. The first-order valence-electron chi connectivity index (χ1n) is 6.03. The van der Waals surface area contributed by atoms with Gasteiger partial charge in [0.15, 0.2) is 0 Å². The minimum absolute atomic E-state index is 0.268. The minimum Gasteiger partial charge on any atom is -0.370 e. The van der Waals surface area contributed by atoms with Crippen LogP contribution in [0, 0.1) is 0 Å². The summed E-state index contributed by atoms with van der Waals surface area (Å²) in [5.74, 6) is 1.84. The fourth-order valence-electron chi connectivity index (χ4n) is 2.78. The van der Waals surface area contributed by atoms with Crippen molar-refractivity contribution in [3.63, 3.8) is 0 Å². The van der Waals surface area contributed by atoms with Crippen LogP contribution in [0.5, 0.6) is 0 Å². The van der Waals surface area contributed by atoms with Crippen molar-refractivity contribution in [3.8, 4) is 0 Å². The third-order valence-corrected chi connectivity index (χ3v) is 3.66. The molecule has 0 aromatic carbocycles. The number of imidazole rings is 1. The number of hydrogen-bond donors (Lipinski definition) is 0. The van der Waals surface area contributed by atoms with Crippen LogP contribution < -0.4 is 0 Å². The van der Waals surface area contributed by atoms with Gasteiger partial charge in [-0.25, -0.2) is 4.98 Å². The molecule has 0 amide bonds. The van der Waals surface area contributed by atoms with E-state index in [-0.39, 0.29) is 6.10 Å². The fourth-order valence-corrected chi connectivity index (χ4v) is 2.78. The Morgan fingerprint density at radius 1 is 1.40 bits per heavy atom. The molecule has 0 bridgehead atoms. The van der Waals surface area contributed by atoms with Gasteiger partial charge in [0.25, 0.3) is 0 Å². The van der Waals surface area contributed by atoms with Gasteiger partial charge in [-0.3, -0.25) is 0 Å². The highest BCUT2D eigenvalue weighted by atomic mass is 16.5. The van der Waals surface area contributed by atoms with E-state index >= 15 is 0 Å². The maximum Gasteiger partial charge on any atom is 0.138 e. The normalized spacial score (nSPS) is 30.5. The van der Waals surface area contributed by atoms with Gasteiger partial charge in [-0.05, 0) is 31.6 Å². The van der Waals surface area contributed by atoms with Crippen LogP contribution in [-0.2, 0) is 11.3 Å². The first kappa shape index (κ1) is 9.40. The van der Waals surface area contributed by atoms with Crippen LogP contribution in [0.2, 0.25) is 0 Å². The smallest absolute Gasteiger partial charge is 0.138 e. The molecule has 1 saturated heterocycles.